The van der Waals surface area contributed by atoms with Crippen LogP contribution in [0.15, 0.2) is 77.9 Å². The average molecular weight is 315 g/mol. The van der Waals surface area contributed by atoms with E-state index in [0.717, 1.165) is 28.0 Å². The second kappa shape index (κ2) is 5.62. The van der Waals surface area contributed by atoms with Crippen LogP contribution < -0.4 is 5.43 Å². The van der Waals surface area contributed by atoms with Gasteiger partial charge in [-0.05, 0) is 17.2 Å². The fourth-order valence-electron chi connectivity index (χ4n) is 2.92. The lowest BCUT2D eigenvalue weighted by Crippen LogP contribution is -2.02. The van der Waals surface area contributed by atoms with Gasteiger partial charge in [0.2, 0.25) is 0 Å². The molecule has 0 radical (unpaired) electrons. The van der Waals surface area contributed by atoms with E-state index in [1.165, 1.54) is 12.1 Å². The van der Waals surface area contributed by atoms with Gasteiger partial charge in [-0.3, -0.25) is 15.5 Å². The van der Waals surface area contributed by atoms with Crippen molar-refractivity contribution in [2.24, 2.45) is 5.10 Å². The van der Waals surface area contributed by atoms with Gasteiger partial charge < -0.3 is 0 Å². The third kappa shape index (κ3) is 2.32. The number of non-ortho nitro benzene ring substituents is 1. The maximum atomic E-state index is 10.9. The summed E-state index contributed by atoms with van der Waals surface area (Å²) in [5, 5.41) is 15.4. The van der Waals surface area contributed by atoms with Crippen LogP contribution in [0.25, 0.3) is 11.1 Å². The number of nitrogens with one attached hydrogen (secondary N) is 1. The van der Waals surface area contributed by atoms with Crippen LogP contribution >= 0.6 is 0 Å². The van der Waals surface area contributed by atoms with Gasteiger partial charge in [-0.25, -0.2) is 0 Å². The van der Waals surface area contributed by atoms with Gasteiger partial charge in [0.1, 0.15) is 0 Å². The molecule has 1 aliphatic carbocycles. The Morgan fingerprint density at radius 3 is 1.96 bits per heavy atom. The number of nitro groups is 1. The molecule has 3 aromatic carbocycles. The van der Waals surface area contributed by atoms with Gasteiger partial charge in [-0.2, -0.15) is 5.10 Å². The van der Waals surface area contributed by atoms with Gasteiger partial charge in [0.25, 0.3) is 5.69 Å². The lowest BCUT2D eigenvalue weighted by molar-refractivity contribution is -0.384. The van der Waals surface area contributed by atoms with Gasteiger partial charge in [-0.15, -0.1) is 0 Å². The van der Waals surface area contributed by atoms with Crippen molar-refractivity contribution in [1.29, 1.82) is 0 Å². The Bertz CT molecular complexity index is 932. The lowest BCUT2D eigenvalue weighted by atomic mass is 10.1. The number of fused-ring (bicyclic) bond motifs is 3. The van der Waals surface area contributed by atoms with E-state index < -0.39 is 4.92 Å². The van der Waals surface area contributed by atoms with Crippen LogP contribution in [0, 0.1) is 10.1 Å². The Morgan fingerprint density at radius 2 is 1.38 bits per heavy atom. The zero-order chi connectivity index (χ0) is 16.5. The lowest BCUT2D eigenvalue weighted by Gasteiger charge is -2.04. The molecule has 0 unspecified atom stereocenters. The number of nitrogens with zero attached hydrogens (tertiary/aromatic N) is 2. The Hall–Kier alpha value is -3.47. The second-order valence-corrected chi connectivity index (χ2v) is 5.47. The van der Waals surface area contributed by atoms with E-state index in [1.54, 1.807) is 12.1 Å². The zero-order valence-corrected chi connectivity index (χ0v) is 12.6. The van der Waals surface area contributed by atoms with Gasteiger partial charge in [0.05, 0.1) is 16.3 Å². The van der Waals surface area contributed by atoms with Gasteiger partial charge in [0.15, 0.2) is 0 Å². The van der Waals surface area contributed by atoms with Crippen LogP contribution in [-0.4, -0.2) is 10.6 Å². The SMILES string of the molecule is O=[N+]([O-])c1cccc(NN=C2c3ccccc3-c3ccccc32)c1. The summed E-state index contributed by atoms with van der Waals surface area (Å²) in [6.07, 6.45) is 0. The fraction of sp³-hybridized carbons (Fsp3) is 0. The van der Waals surface area contributed by atoms with Crippen molar-refractivity contribution < 1.29 is 4.92 Å². The monoisotopic (exact) mass is 315 g/mol. The molecule has 0 aliphatic heterocycles. The van der Waals surface area contributed by atoms with E-state index in [-0.39, 0.29) is 5.69 Å². The van der Waals surface area contributed by atoms with Crippen LogP contribution in [-0.2, 0) is 0 Å². The summed E-state index contributed by atoms with van der Waals surface area (Å²) in [5.41, 5.74) is 8.80. The number of nitro benzene ring substituents is 1. The zero-order valence-electron chi connectivity index (χ0n) is 12.6. The fourth-order valence-corrected chi connectivity index (χ4v) is 2.92. The quantitative estimate of drug-likeness (QED) is 0.449. The number of benzene rings is 3. The molecule has 24 heavy (non-hydrogen) atoms. The van der Waals surface area contributed by atoms with Gasteiger partial charge in [-0.1, -0.05) is 54.6 Å². The van der Waals surface area contributed by atoms with E-state index in [2.05, 4.69) is 22.7 Å². The summed E-state index contributed by atoms with van der Waals surface area (Å²) in [4.78, 5) is 10.5. The molecule has 0 saturated carbocycles. The van der Waals surface area contributed by atoms with Crippen LogP contribution in [0.5, 0.6) is 0 Å². The van der Waals surface area contributed by atoms with Crippen molar-refractivity contribution in [3.8, 4) is 11.1 Å². The molecule has 4 rings (SSSR count). The Kier molecular flexibility index (Phi) is 3.31. The first-order chi connectivity index (χ1) is 11.7. The molecule has 1 N–H and O–H groups in total. The molecule has 0 saturated heterocycles. The van der Waals surface area contributed by atoms with E-state index in [4.69, 9.17) is 0 Å². The smallest absolute Gasteiger partial charge is 0.271 e. The number of anilines is 1. The second-order valence-electron chi connectivity index (χ2n) is 5.47. The van der Waals surface area contributed by atoms with Crippen molar-refractivity contribution in [3.05, 3.63) is 94.0 Å². The van der Waals surface area contributed by atoms with E-state index in [0.29, 0.717) is 5.69 Å². The first kappa shape index (κ1) is 14.1. The van der Waals surface area contributed by atoms with Crippen LogP contribution in [0.1, 0.15) is 11.1 Å². The van der Waals surface area contributed by atoms with E-state index in [9.17, 15) is 10.1 Å². The molecule has 0 amide bonds. The normalized spacial score (nSPS) is 11.6. The maximum absolute atomic E-state index is 10.9. The number of hydrogen-bond donors (Lipinski definition) is 1. The Morgan fingerprint density at radius 1 is 0.792 bits per heavy atom. The van der Waals surface area contributed by atoms with Crippen LogP contribution in [0.3, 0.4) is 0 Å². The first-order valence-electron chi connectivity index (χ1n) is 7.51. The van der Waals surface area contributed by atoms with Crippen molar-refractivity contribution in [2.75, 3.05) is 5.43 Å². The highest BCUT2D eigenvalue weighted by Crippen LogP contribution is 2.36. The van der Waals surface area contributed by atoms with E-state index in [1.807, 2.05) is 36.4 Å². The minimum Gasteiger partial charge on any atom is -0.278 e. The van der Waals surface area contributed by atoms with Gasteiger partial charge in [0, 0.05) is 23.3 Å². The molecule has 5 nitrogen and oxygen atoms in total. The molecule has 0 aromatic heterocycles. The third-order valence-electron chi connectivity index (χ3n) is 4.01. The molecule has 0 spiro atoms. The predicted molar refractivity (Wildman–Crippen MR) is 94.2 cm³/mol. The van der Waals surface area contributed by atoms with Gasteiger partial charge >= 0.3 is 0 Å². The molecule has 3 aromatic rings. The van der Waals surface area contributed by atoms with Crippen LogP contribution in [0.4, 0.5) is 11.4 Å². The minimum absolute atomic E-state index is 0.0347. The summed E-state index contributed by atoms with van der Waals surface area (Å²) in [6, 6.07) is 22.5. The molecule has 0 atom stereocenters. The van der Waals surface area contributed by atoms with Crippen LogP contribution in [0.2, 0.25) is 0 Å². The highest BCUT2D eigenvalue weighted by Gasteiger charge is 2.23. The molecular formula is C19H13N3O2. The number of hydrazone groups is 1. The first-order valence-corrected chi connectivity index (χ1v) is 7.51. The summed E-state index contributed by atoms with van der Waals surface area (Å²) in [5.74, 6) is 0. The summed E-state index contributed by atoms with van der Waals surface area (Å²) < 4.78 is 0. The molecule has 116 valence electrons. The topological polar surface area (TPSA) is 67.5 Å². The van der Waals surface area contributed by atoms with Crippen molar-refractivity contribution in [2.45, 2.75) is 0 Å². The van der Waals surface area contributed by atoms with Crippen molar-refractivity contribution >= 4 is 17.1 Å². The summed E-state index contributed by atoms with van der Waals surface area (Å²) in [7, 11) is 0. The summed E-state index contributed by atoms with van der Waals surface area (Å²) in [6.45, 7) is 0. The van der Waals surface area contributed by atoms with Crippen molar-refractivity contribution in [3.63, 3.8) is 0 Å². The number of hydrogen-bond acceptors (Lipinski definition) is 4. The standard InChI is InChI=1S/C19H13N3O2/c23-22(24)14-7-5-6-13(12-14)20-21-19-17-10-3-1-8-15(17)16-9-2-4-11-18(16)19/h1-12,20H. The molecule has 0 fully saturated rings. The average Bonchev–Trinajstić information content (AvgIpc) is 2.94. The maximum Gasteiger partial charge on any atom is 0.271 e. The Balaban J connectivity index is 1.75. The largest absolute Gasteiger partial charge is 0.278 e. The van der Waals surface area contributed by atoms with E-state index >= 15 is 0 Å². The molecule has 1 aliphatic rings. The highest BCUT2D eigenvalue weighted by molar-refractivity contribution is 6.24. The van der Waals surface area contributed by atoms with Crippen molar-refractivity contribution in [1.82, 2.24) is 0 Å². The molecule has 0 bridgehead atoms. The third-order valence-corrected chi connectivity index (χ3v) is 4.01. The highest BCUT2D eigenvalue weighted by atomic mass is 16.6. The summed E-state index contributed by atoms with van der Waals surface area (Å²) >= 11 is 0. The molecule has 0 heterocycles. The minimum atomic E-state index is -0.418. The number of rotatable bonds is 3. The molecule has 5 heteroatoms. The molecular weight excluding hydrogens is 302 g/mol. The Labute approximate surface area is 138 Å². The predicted octanol–water partition coefficient (Wildman–Crippen LogP) is 4.44.